The molecule has 1 amide bonds. The van der Waals surface area contributed by atoms with E-state index in [1.807, 2.05) is 12.1 Å². The first-order valence-electron chi connectivity index (χ1n) is 8.21. The third-order valence-corrected chi connectivity index (χ3v) is 5.36. The van der Waals surface area contributed by atoms with E-state index in [0.29, 0.717) is 29.0 Å². The summed E-state index contributed by atoms with van der Waals surface area (Å²) < 4.78 is 37.8. The number of hydrogen-bond acceptors (Lipinski definition) is 3. The maximum atomic E-state index is 12.6. The molecular formula is C19H16ClF3N2OS. The first-order chi connectivity index (χ1) is 12.8. The summed E-state index contributed by atoms with van der Waals surface area (Å²) in [7, 11) is 0. The van der Waals surface area contributed by atoms with Crippen LogP contribution in [0.15, 0.2) is 53.5 Å². The standard InChI is InChI=1S/C19H16ClF3N2OS/c20-16-7-3-13(4-8-16)11-17(26)25-10-9-24-18(25)27-12-14-1-5-15(6-2-14)19(21,22)23/h1-8H,9-12H2. The van der Waals surface area contributed by atoms with E-state index in [9.17, 15) is 18.0 Å². The molecule has 0 spiro atoms. The molecular weight excluding hydrogens is 397 g/mol. The first-order valence-corrected chi connectivity index (χ1v) is 9.57. The predicted octanol–water partition coefficient (Wildman–Crippen LogP) is 5.03. The van der Waals surface area contributed by atoms with Crippen LogP contribution in [-0.4, -0.2) is 29.1 Å². The minimum atomic E-state index is -4.34. The number of rotatable bonds is 4. The zero-order valence-corrected chi connectivity index (χ0v) is 15.7. The van der Waals surface area contributed by atoms with Crippen LogP contribution in [0.5, 0.6) is 0 Å². The van der Waals surface area contributed by atoms with E-state index >= 15 is 0 Å². The fraction of sp³-hybridized carbons (Fsp3) is 0.263. The highest BCUT2D eigenvalue weighted by Gasteiger charge is 2.30. The number of halogens is 4. The van der Waals surface area contributed by atoms with Crippen LogP contribution in [0.4, 0.5) is 13.2 Å². The van der Waals surface area contributed by atoms with E-state index < -0.39 is 11.7 Å². The second-order valence-corrected chi connectivity index (χ2v) is 7.38. The van der Waals surface area contributed by atoms with Gasteiger partial charge >= 0.3 is 6.18 Å². The maximum Gasteiger partial charge on any atom is 0.416 e. The van der Waals surface area contributed by atoms with Gasteiger partial charge in [-0.3, -0.25) is 14.7 Å². The molecule has 0 unspecified atom stereocenters. The summed E-state index contributed by atoms with van der Waals surface area (Å²) in [4.78, 5) is 18.5. The third-order valence-electron chi connectivity index (χ3n) is 4.02. The molecule has 0 fully saturated rings. The van der Waals surface area contributed by atoms with Gasteiger partial charge in [0, 0.05) is 17.3 Å². The second-order valence-electron chi connectivity index (χ2n) is 6.00. The third kappa shape index (κ3) is 5.26. The topological polar surface area (TPSA) is 32.7 Å². The van der Waals surface area contributed by atoms with Crippen molar-refractivity contribution in [3.05, 3.63) is 70.2 Å². The van der Waals surface area contributed by atoms with Crippen LogP contribution in [0.2, 0.25) is 5.02 Å². The number of amidine groups is 1. The van der Waals surface area contributed by atoms with Crippen molar-refractivity contribution >= 4 is 34.4 Å². The Morgan fingerprint density at radius 1 is 1.07 bits per heavy atom. The Morgan fingerprint density at radius 2 is 1.70 bits per heavy atom. The highest BCUT2D eigenvalue weighted by atomic mass is 35.5. The summed E-state index contributed by atoms with van der Waals surface area (Å²) in [5.74, 6) is 0.385. The average molecular weight is 413 g/mol. The Bertz CT molecular complexity index is 836. The minimum absolute atomic E-state index is 0.0616. The molecule has 3 rings (SSSR count). The molecule has 0 saturated carbocycles. The largest absolute Gasteiger partial charge is 0.416 e. The van der Waals surface area contributed by atoms with Gasteiger partial charge in [-0.1, -0.05) is 47.6 Å². The van der Waals surface area contributed by atoms with Crippen molar-refractivity contribution in [2.45, 2.75) is 18.3 Å². The molecule has 0 atom stereocenters. The molecule has 0 saturated heterocycles. The Labute approximate surface area is 164 Å². The minimum Gasteiger partial charge on any atom is -0.289 e. The average Bonchev–Trinajstić information content (AvgIpc) is 3.10. The molecule has 3 nitrogen and oxygen atoms in total. The molecule has 142 valence electrons. The van der Waals surface area contributed by atoms with Crippen molar-refractivity contribution in [1.29, 1.82) is 0 Å². The molecule has 1 heterocycles. The van der Waals surface area contributed by atoms with Crippen LogP contribution in [-0.2, 0) is 23.1 Å². The van der Waals surface area contributed by atoms with Gasteiger partial charge in [-0.2, -0.15) is 13.2 Å². The van der Waals surface area contributed by atoms with Gasteiger partial charge in [0.1, 0.15) is 0 Å². The van der Waals surface area contributed by atoms with Gasteiger partial charge in [-0.05, 0) is 35.4 Å². The van der Waals surface area contributed by atoms with Gasteiger partial charge in [0.05, 0.1) is 18.5 Å². The quantitative estimate of drug-likeness (QED) is 0.705. The smallest absolute Gasteiger partial charge is 0.289 e. The molecule has 8 heteroatoms. The molecule has 0 radical (unpaired) electrons. The van der Waals surface area contributed by atoms with E-state index in [2.05, 4.69) is 4.99 Å². The fourth-order valence-corrected chi connectivity index (χ4v) is 3.74. The zero-order chi connectivity index (χ0) is 19.4. The Hall–Kier alpha value is -1.99. The number of thioether (sulfide) groups is 1. The summed E-state index contributed by atoms with van der Waals surface area (Å²) in [5.41, 5.74) is 0.935. The first kappa shape index (κ1) is 19.8. The summed E-state index contributed by atoms with van der Waals surface area (Å²) >= 11 is 7.21. The van der Waals surface area contributed by atoms with Gasteiger partial charge in [-0.25, -0.2) is 0 Å². The van der Waals surface area contributed by atoms with Gasteiger partial charge < -0.3 is 0 Å². The number of alkyl halides is 3. The highest BCUT2D eigenvalue weighted by molar-refractivity contribution is 8.13. The normalized spacial score (nSPS) is 14.4. The molecule has 2 aromatic rings. The molecule has 0 N–H and O–H groups in total. The Morgan fingerprint density at radius 3 is 2.33 bits per heavy atom. The van der Waals surface area contributed by atoms with Crippen LogP contribution in [0.25, 0.3) is 0 Å². The van der Waals surface area contributed by atoms with Gasteiger partial charge in [0.15, 0.2) is 5.17 Å². The summed E-state index contributed by atoms with van der Waals surface area (Å²) in [6.07, 6.45) is -4.09. The number of aliphatic imine (C=N–C) groups is 1. The van der Waals surface area contributed by atoms with Crippen molar-refractivity contribution < 1.29 is 18.0 Å². The van der Waals surface area contributed by atoms with Crippen molar-refractivity contribution in [2.75, 3.05) is 13.1 Å². The molecule has 2 aromatic carbocycles. The van der Waals surface area contributed by atoms with E-state index in [1.54, 1.807) is 17.0 Å². The zero-order valence-electron chi connectivity index (χ0n) is 14.2. The van der Waals surface area contributed by atoms with Crippen LogP contribution in [0.1, 0.15) is 16.7 Å². The molecule has 0 aromatic heterocycles. The van der Waals surface area contributed by atoms with Crippen LogP contribution < -0.4 is 0 Å². The number of amides is 1. The predicted molar refractivity (Wildman–Crippen MR) is 102 cm³/mol. The van der Waals surface area contributed by atoms with Crippen molar-refractivity contribution in [3.63, 3.8) is 0 Å². The van der Waals surface area contributed by atoms with Gasteiger partial charge in [0.25, 0.3) is 0 Å². The summed E-state index contributed by atoms with van der Waals surface area (Å²) in [5, 5.41) is 1.22. The van der Waals surface area contributed by atoms with E-state index in [1.165, 1.54) is 23.9 Å². The molecule has 1 aliphatic heterocycles. The molecule has 0 aliphatic carbocycles. The lowest BCUT2D eigenvalue weighted by Crippen LogP contribution is -2.34. The highest BCUT2D eigenvalue weighted by Crippen LogP contribution is 2.30. The maximum absolute atomic E-state index is 12.6. The van der Waals surface area contributed by atoms with Gasteiger partial charge in [0.2, 0.25) is 5.91 Å². The second kappa shape index (κ2) is 8.35. The lowest BCUT2D eigenvalue weighted by atomic mass is 10.1. The van der Waals surface area contributed by atoms with Crippen molar-refractivity contribution in [3.8, 4) is 0 Å². The van der Waals surface area contributed by atoms with Crippen molar-refractivity contribution in [1.82, 2.24) is 4.90 Å². The van der Waals surface area contributed by atoms with E-state index in [-0.39, 0.29) is 12.3 Å². The number of hydrogen-bond donors (Lipinski definition) is 0. The summed E-state index contributed by atoms with van der Waals surface area (Å²) in [6.45, 7) is 1.05. The lowest BCUT2D eigenvalue weighted by Gasteiger charge is -2.18. The van der Waals surface area contributed by atoms with E-state index in [4.69, 9.17) is 11.6 Å². The fourth-order valence-electron chi connectivity index (χ4n) is 2.59. The van der Waals surface area contributed by atoms with Crippen LogP contribution in [0.3, 0.4) is 0 Å². The monoisotopic (exact) mass is 412 g/mol. The Balaban J connectivity index is 1.58. The summed E-state index contributed by atoms with van der Waals surface area (Å²) in [6, 6.07) is 12.1. The number of carbonyl (C=O) groups is 1. The Kier molecular flexibility index (Phi) is 6.11. The van der Waals surface area contributed by atoms with Crippen LogP contribution >= 0.6 is 23.4 Å². The number of benzene rings is 2. The molecule has 27 heavy (non-hydrogen) atoms. The number of carbonyl (C=O) groups excluding carboxylic acids is 1. The molecule has 1 aliphatic rings. The number of nitrogens with zero attached hydrogens (tertiary/aromatic N) is 2. The molecule has 0 bridgehead atoms. The van der Waals surface area contributed by atoms with E-state index in [0.717, 1.165) is 23.3 Å². The van der Waals surface area contributed by atoms with Crippen molar-refractivity contribution in [2.24, 2.45) is 4.99 Å². The SMILES string of the molecule is O=C(Cc1ccc(Cl)cc1)N1CCN=C1SCc1ccc(C(F)(F)F)cc1. The van der Waals surface area contributed by atoms with Crippen LogP contribution in [0, 0.1) is 0 Å². The lowest BCUT2D eigenvalue weighted by molar-refractivity contribution is -0.137. The van der Waals surface area contributed by atoms with Gasteiger partial charge in [-0.15, -0.1) is 0 Å².